The van der Waals surface area contributed by atoms with Crippen LogP contribution in [0.2, 0.25) is 16.6 Å². The van der Waals surface area contributed by atoms with Crippen LogP contribution in [0.3, 0.4) is 0 Å². The molecule has 0 aromatic rings. The smallest absolute Gasteiger partial charge is 0.149 e. The molecule has 0 saturated heterocycles. The molecule has 0 radical (unpaired) electrons. The SMILES string of the molecule is CCC[NH2+][C@H](C#C[Si](C(C)C)(C(C)C)C(C)C)C(C)C. The van der Waals surface area contributed by atoms with Crippen LogP contribution in [0, 0.1) is 17.4 Å². The van der Waals surface area contributed by atoms with E-state index in [1.165, 1.54) is 13.0 Å². The lowest BCUT2D eigenvalue weighted by molar-refractivity contribution is -0.682. The summed E-state index contributed by atoms with van der Waals surface area (Å²) in [5.74, 6) is 4.33. The molecule has 1 atom stereocenters. The summed E-state index contributed by atoms with van der Waals surface area (Å²) in [6.45, 7) is 22.4. The minimum absolute atomic E-state index is 0.470. The summed E-state index contributed by atoms with van der Waals surface area (Å²) in [7, 11) is -1.56. The molecule has 118 valence electrons. The highest BCUT2D eigenvalue weighted by molar-refractivity contribution is 6.90. The van der Waals surface area contributed by atoms with Gasteiger partial charge in [-0.05, 0) is 29.0 Å². The molecule has 0 aromatic heterocycles. The fourth-order valence-electron chi connectivity index (χ4n) is 3.49. The maximum absolute atomic E-state index is 3.88. The molecule has 1 nitrogen and oxygen atoms in total. The van der Waals surface area contributed by atoms with Crippen molar-refractivity contribution in [1.29, 1.82) is 0 Å². The quantitative estimate of drug-likeness (QED) is 0.535. The van der Waals surface area contributed by atoms with E-state index in [4.69, 9.17) is 0 Å². The standard InChI is InChI=1S/C18H37NSi/c1-10-12-19-18(14(2)3)11-13-20(15(4)5,16(6)7)17(8)9/h14-19H,10,12H2,1-9H3/p+1/t18-/m1/s1. The van der Waals surface area contributed by atoms with Crippen LogP contribution in [-0.4, -0.2) is 20.7 Å². The van der Waals surface area contributed by atoms with Gasteiger partial charge in [-0.3, -0.25) is 0 Å². The highest BCUT2D eigenvalue weighted by Gasteiger charge is 2.41. The summed E-state index contributed by atoms with van der Waals surface area (Å²) in [6, 6.07) is 0.470. The molecule has 0 spiro atoms. The second-order valence-corrected chi connectivity index (χ2v) is 13.0. The van der Waals surface area contributed by atoms with Crippen molar-refractivity contribution in [2.24, 2.45) is 5.92 Å². The van der Waals surface area contributed by atoms with E-state index in [0.717, 1.165) is 16.6 Å². The Kier molecular flexibility index (Phi) is 8.78. The van der Waals surface area contributed by atoms with E-state index >= 15 is 0 Å². The molecular weight excluding hydrogens is 258 g/mol. The van der Waals surface area contributed by atoms with Crippen molar-refractivity contribution in [3.05, 3.63) is 0 Å². The van der Waals surface area contributed by atoms with Crippen molar-refractivity contribution >= 4 is 8.07 Å². The van der Waals surface area contributed by atoms with Crippen LogP contribution in [0.15, 0.2) is 0 Å². The van der Waals surface area contributed by atoms with E-state index in [2.05, 4.69) is 79.1 Å². The molecule has 0 aliphatic rings. The first kappa shape index (κ1) is 19.7. The topological polar surface area (TPSA) is 16.6 Å². The van der Waals surface area contributed by atoms with Gasteiger partial charge in [0.15, 0.2) is 0 Å². The van der Waals surface area contributed by atoms with Gasteiger partial charge in [0.1, 0.15) is 14.1 Å². The zero-order chi connectivity index (χ0) is 15.9. The number of rotatable bonds is 7. The highest BCUT2D eigenvalue weighted by atomic mass is 28.3. The Balaban J connectivity index is 5.39. The van der Waals surface area contributed by atoms with Crippen molar-refractivity contribution in [2.45, 2.75) is 91.4 Å². The van der Waals surface area contributed by atoms with Crippen LogP contribution in [0.25, 0.3) is 0 Å². The third-order valence-electron chi connectivity index (χ3n) is 4.75. The Morgan fingerprint density at radius 1 is 0.850 bits per heavy atom. The summed E-state index contributed by atoms with van der Waals surface area (Å²) in [4.78, 5) is 0. The lowest BCUT2D eigenvalue weighted by atomic mass is 10.1. The van der Waals surface area contributed by atoms with Gasteiger partial charge in [-0.2, -0.15) is 0 Å². The first-order chi connectivity index (χ1) is 9.20. The summed E-state index contributed by atoms with van der Waals surface area (Å²) in [5.41, 5.74) is 6.07. The van der Waals surface area contributed by atoms with Gasteiger partial charge in [-0.15, -0.1) is 5.54 Å². The molecule has 0 aromatic carbocycles. The average molecular weight is 297 g/mol. The van der Waals surface area contributed by atoms with E-state index in [0.29, 0.717) is 12.0 Å². The maximum Gasteiger partial charge on any atom is 0.149 e. The van der Waals surface area contributed by atoms with E-state index in [9.17, 15) is 0 Å². The number of hydrogen-bond donors (Lipinski definition) is 1. The molecule has 0 amide bonds. The van der Waals surface area contributed by atoms with Gasteiger partial charge in [-0.25, -0.2) is 0 Å². The molecule has 0 unspecified atom stereocenters. The first-order valence-corrected chi connectivity index (χ1v) is 10.8. The molecule has 0 heterocycles. The van der Waals surface area contributed by atoms with Gasteiger partial charge in [0.2, 0.25) is 0 Å². The number of quaternary nitrogens is 1. The fraction of sp³-hybridized carbons (Fsp3) is 0.889. The highest BCUT2D eigenvalue weighted by Crippen LogP contribution is 2.40. The van der Waals surface area contributed by atoms with Crippen LogP contribution in [-0.2, 0) is 0 Å². The molecular formula is C18H38NSi+. The molecule has 0 fully saturated rings. The minimum Gasteiger partial charge on any atom is -0.334 e. The predicted octanol–water partition coefficient (Wildman–Crippen LogP) is 4.21. The Morgan fingerprint density at radius 2 is 1.30 bits per heavy atom. The molecule has 2 heteroatoms. The second kappa shape index (κ2) is 8.90. The third-order valence-corrected chi connectivity index (χ3v) is 11.1. The Morgan fingerprint density at radius 3 is 1.60 bits per heavy atom. The van der Waals surface area contributed by atoms with Crippen LogP contribution < -0.4 is 5.32 Å². The van der Waals surface area contributed by atoms with Crippen molar-refractivity contribution < 1.29 is 5.32 Å². The Bertz CT molecular complexity index is 298. The van der Waals surface area contributed by atoms with Gasteiger partial charge in [0.05, 0.1) is 6.54 Å². The monoisotopic (exact) mass is 296 g/mol. The predicted molar refractivity (Wildman–Crippen MR) is 94.5 cm³/mol. The Labute approximate surface area is 129 Å². The van der Waals surface area contributed by atoms with E-state index < -0.39 is 8.07 Å². The molecule has 0 bridgehead atoms. The van der Waals surface area contributed by atoms with Crippen molar-refractivity contribution in [1.82, 2.24) is 0 Å². The van der Waals surface area contributed by atoms with Gasteiger partial charge >= 0.3 is 0 Å². The summed E-state index contributed by atoms with van der Waals surface area (Å²) in [6.07, 6.45) is 1.23. The largest absolute Gasteiger partial charge is 0.334 e. The van der Waals surface area contributed by atoms with Crippen LogP contribution in [0.1, 0.15) is 68.7 Å². The molecule has 0 rings (SSSR count). The molecule has 0 aliphatic carbocycles. The van der Waals surface area contributed by atoms with Crippen LogP contribution in [0.5, 0.6) is 0 Å². The van der Waals surface area contributed by atoms with Crippen LogP contribution >= 0.6 is 0 Å². The summed E-state index contributed by atoms with van der Waals surface area (Å²) in [5, 5.41) is 2.44. The lowest BCUT2D eigenvalue weighted by Gasteiger charge is -2.38. The van der Waals surface area contributed by atoms with Gasteiger partial charge in [0.25, 0.3) is 0 Å². The summed E-state index contributed by atoms with van der Waals surface area (Å²) < 4.78 is 0. The average Bonchev–Trinajstić information content (AvgIpc) is 2.31. The number of hydrogen-bond acceptors (Lipinski definition) is 0. The van der Waals surface area contributed by atoms with E-state index in [-0.39, 0.29) is 0 Å². The zero-order valence-electron chi connectivity index (χ0n) is 15.4. The van der Waals surface area contributed by atoms with E-state index in [1.807, 2.05) is 0 Å². The van der Waals surface area contributed by atoms with Gasteiger partial charge in [0, 0.05) is 5.92 Å². The zero-order valence-corrected chi connectivity index (χ0v) is 16.4. The third kappa shape index (κ3) is 4.93. The first-order valence-electron chi connectivity index (χ1n) is 8.56. The van der Waals surface area contributed by atoms with Gasteiger partial charge < -0.3 is 5.32 Å². The van der Waals surface area contributed by atoms with Crippen molar-refractivity contribution in [3.8, 4) is 11.5 Å². The molecule has 0 aliphatic heterocycles. The van der Waals surface area contributed by atoms with Crippen molar-refractivity contribution in [3.63, 3.8) is 0 Å². The Hall–Kier alpha value is -0.263. The van der Waals surface area contributed by atoms with Crippen molar-refractivity contribution in [2.75, 3.05) is 6.54 Å². The van der Waals surface area contributed by atoms with Gasteiger partial charge in [-0.1, -0.05) is 62.3 Å². The lowest BCUT2D eigenvalue weighted by Crippen LogP contribution is -2.91. The summed E-state index contributed by atoms with van der Waals surface area (Å²) >= 11 is 0. The number of nitrogens with two attached hydrogens (primary N) is 1. The second-order valence-electron chi connectivity index (χ2n) is 7.46. The molecule has 0 saturated carbocycles. The van der Waals surface area contributed by atoms with E-state index in [1.54, 1.807) is 0 Å². The normalized spacial score (nSPS) is 14.1. The van der Waals surface area contributed by atoms with Crippen LogP contribution in [0.4, 0.5) is 0 Å². The fourth-order valence-corrected chi connectivity index (χ4v) is 8.77. The minimum atomic E-state index is -1.56. The molecule has 2 N–H and O–H groups in total. The maximum atomic E-state index is 3.88. The molecule has 20 heavy (non-hydrogen) atoms.